The van der Waals surface area contributed by atoms with Crippen LogP contribution in [0.25, 0.3) is 0 Å². The van der Waals surface area contributed by atoms with Gasteiger partial charge in [0.2, 0.25) is 0 Å². The maximum Gasteiger partial charge on any atom is 0.257 e. The minimum atomic E-state index is -2.29. The van der Waals surface area contributed by atoms with E-state index in [4.69, 9.17) is 0 Å². The molecule has 0 aromatic heterocycles. The monoisotopic (exact) mass is 162 g/mol. The molecule has 64 valence electrons. The Morgan fingerprint density at radius 3 is 2.73 bits per heavy atom. The molecule has 2 nitrogen and oxygen atoms in total. The SMILES string of the molecule is CC1=NN(CC(F)F)C(C)C1. The summed E-state index contributed by atoms with van der Waals surface area (Å²) in [5.41, 5.74) is 0.943. The van der Waals surface area contributed by atoms with Gasteiger partial charge in [0, 0.05) is 18.2 Å². The number of hydrogen-bond donors (Lipinski definition) is 0. The van der Waals surface area contributed by atoms with E-state index < -0.39 is 6.43 Å². The van der Waals surface area contributed by atoms with E-state index in [2.05, 4.69) is 5.10 Å². The second-order valence-corrected chi connectivity index (χ2v) is 2.90. The van der Waals surface area contributed by atoms with Gasteiger partial charge >= 0.3 is 0 Å². The zero-order valence-corrected chi connectivity index (χ0v) is 6.72. The van der Waals surface area contributed by atoms with Crippen LogP contribution < -0.4 is 0 Å². The molecule has 1 aliphatic rings. The van der Waals surface area contributed by atoms with E-state index in [9.17, 15) is 8.78 Å². The summed E-state index contributed by atoms with van der Waals surface area (Å²) in [6, 6.07) is 0.143. The first-order valence-corrected chi connectivity index (χ1v) is 3.68. The average molecular weight is 162 g/mol. The second kappa shape index (κ2) is 3.15. The first kappa shape index (κ1) is 8.43. The number of rotatable bonds is 2. The van der Waals surface area contributed by atoms with Crippen LogP contribution in [0.2, 0.25) is 0 Å². The minimum absolute atomic E-state index is 0.143. The molecule has 0 spiro atoms. The van der Waals surface area contributed by atoms with Gasteiger partial charge in [-0.15, -0.1) is 0 Å². The maximum absolute atomic E-state index is 11.9. The smallest absolute Gasteiger partial charge is 0.257 e. The number of nitrogens with zero attached hydrogens (tertiary/aromatic N) is 2. The highest BCUT2D eigenvalue weighted by atomic mass is 19.3. The Labute approximate surface area is 64.9 Å². The molecule has 0 N–H and O–H groups in total. The van der Waals surface area contributed by atoms with E-state index >= 15 is 0 Å². The van der Waals surface area contributed by atoms with Crippen molar-refractivity contribution in [2.75, 3.05) is 6.54 Å². The van der Waals surface area contributed by atoms with Gasteiger partial charge in [-0.05, 0) is 13.8 Å². The normalized spacial score (nSPS) is 24.6. The second-order valence-electron chi connectivity index (χ2n) is 2.90. The van der Waals surface area contributed by atoms with E-state index in [1.807, 2.05) is 13.8 Å². The highest BCUT2D eigenvalue weighted by Crippen LogP contribution is 2.15. The number of hydrogen-bond acceptors (Lipinski definition) is 2. The summed E-state index contributed by atoms with van der Waals surface area (Å²) >= 11 is 0. The minimum Gasteiger partial charge on any atom is -0.288 e. The van der Waals surface area contributed by atoms with Crippen molar-refractivity contribution in [3.05, 3.63) is 0 Å². The fourth-order valence-electron chi connectivity index (χ4n) is 1.25. The molecular weight excluding hydrogens is 150 g/mol. The van der Waals surface area contributed by atoms with E-state index in [1.165, 1.54) is 5.01 Å². The van der Waals surface area contributed by atoms with Gasteiger partial charge in [-0.2, -0.15) is 5.10 Å². The van der Waals surface area contributed by atoms with Crippen molar-refractivity contribution in [3.8, 4) is 0 Å². The van der Waals surface area contributed by atoms with Crippen molar-refractivity contribution in [2.24, 2.45) is 5.10 Å². The molecule has 0 saturated heterocycles. The lowest BCUT2D eigenvalue weighted by Gasteiger charge is -2.18. The van der Waals surface area contributed by atoms with E-state index in [0.717, 1.165) is 12.1 Å². The van der Waals surface area contributed by atoms with Gasteiger partial charge in [0.15, 0.2) is 0 Å². The molecule has 0 aromatic carbocycles. The van der Waals surface area contributed by atoms with Crippen LogP contribution in [0.1, 0.15) is 20.3 Å². The lowest BCUT2D eigenvalue weighted by atomic mass is 10.2. The van der Waals surface area contributed by atoms with Crippen molar-refractivity contribution < 1.29 is 8.78 Å². The summed E-state index contributed by atoms with van der Waals surface area (Å²) in [6.07, 6.45) is -1.47. The highest BCUT2D eigenvalue weighted by molar-refractivity contribution is 5.83. The predicted molar refractivity (Wildman–Crippen MR) is 39.9 cm³/mol. The van der Waals surface area contributed by atoms with Crippen LogP contribution in [-0.4, -0.2) is 29.7 Å². The highest BCUT2D eigenvalue weighted by Gasteiger charge is 2.22. The molecule has 0 aliphatic carbocycles. The van der Waals surface area contributed by atoms with Gasteiger partial charge in [-0.1, -0.05) is 0 Å². The Bertz CT molecular complexity index is 168. The van der Waals surface area contributed by atoms with Gasteiger partial charge in [0.1, 0.15) is 0 Å². The lowest BCUT2D eigenvalue weighted by Crippen LogP contribution is -2.28. The van der Waals surface area contributed by atoms with Crippen molar-refractivity contribution in [1.29, 1.82) is 0 Å². The van der Waals surface area contributed by atoms with Crippen LogP contribution in [0, 0.1) is 0 Å². The Balaban J connectivity index is 2.45. The molecular formula is C7H12F2N2. The molecule has 0 aromatic rings. The quantitative estimate of drug-likeness (QED) is 0.603. The van der Waals surface area contributed by atoms with E-state index in [-0.39, 0.29) is 12.6 Å². The third kappa shape index (κ3) is 2.13. The van der Waals surface area contributed by atoms with Gasteiger partial charge in [-0.25, -0.2) is 8.78 Å². The number of halogens is 2. The first-order valence-electron chi connectivity index (χ1n) is 3.68. The van der Waals surface area contributed by atoms with Crippen LogP contribution in [0.3, 0.4) is 0 Å². The van der Waals surface area contributed by atoms with Gasteiger partial charge in [0.25, 0.3) is 6.43 Å². The van der Waals surface area contributed by atoms with Crippen molar-refractivity contribution in [1.82, 2.24) is 5.01 Å². The van der Waals surface area contributed by atoms with Crippen LogP contribution in [0.5, 0.6) is 0 Å². The molecule has 1 aliphatic heterocycles. The largest absolute Gasteiger partial charge is 0.288 e. The third-order valence-corrected chi connectivity index (χ3v) is 1.72. The Hall–Kier alpha value is -0.670. The molecule has 1 unspecified atom stereocenters. The van der Waals surface area contributed by atoms with Crippen LogP contribution in [0.15, 0.2) is 5.10 Å². The van der Waals surface area contributed by atoms with Gasteiger partial charge in [-0.3, -0.25) is 5.01 Å². The van der Waals surface area contributed by atoms with E-state index in [1.54, 1.807) is 0 Å². The molecule has 0 radical (unpaired) electrons. The molecule has 0 fully saturated rings. The van der Waals surface area contributed by atoms with Crippen LogP contribution in [-0.2, 0) is 0 Å². The van der Waals surface area contributed by atoms with Gasteiger partial charge in [0.05, 0.1) is 6.54 Å². The molecule has 4 heteroatoms. The molecule has 0 bridgehead atoms. The summed E-state index contributed by atoms with van der Waals surface area (Å²) in [4.78, 5) is 0. The Morgan fingerprint density at radius 2 is 2.36 bits per heavy atom. The molecule has 0 amide bonds. The Morgan fingerprint density at radius 1 is 1.73 bits per heavy atom. The topological polar surface area (TPSA) is 15.6 Å². The molecule has 1 heterocycles. The predicted octanol–water partition coefficient (Wildman–Crippen LogP) is 1.72. The zero-order valence-electron chi connectivity index (χ0n) is 6.72. The summed E-state index contributed by atoms with van der Waals surface area (Å²) in [5, 5.41) is 5.44. The maximum atomic E-state index is 11.9. The number of hydrazone groups is 1. The van der Waals surface area contributed by atoms with Crippen LogP contribution in [0.4, 0.5) is 8.78 Å². The van der Waals surface area contributed by atoms with Crippen LogP contribution >= 0.6 is 0 Å². The lowest BCUT2D eigenvalue weighted by molar-refractivity contribution is 0.0790. The van der Waals surface area contributed by atoms with Crippen molar-refractivity contribution >= 4 is 5.71 Å². The van der Waals surface area contributed by atoms with Crippen molar-refractivity contribution in [3.63, 3.8) is 0 Å². The molecule has 1 rings (SSSR count). The first-order chi connectivity index (χ1) is 5.09. The number of alkyl halides is 2. The zero-order chi connectivity index (χ0) is 8.43. The summed E-state index contributed by atoms with van der Waals surface area (Å²) in [6.45, 7) is 3.53. The molecule has 0 saturated carbocycles. The third-order valence-electron chi connectivity index (χ3n) is 1.72. The van der Waals surface area contributed by atoms with Gasteiger partial charge < -0.3 is 0 Å². The molecule has 1 atom stereocenters. The standard InChI is InChI=1S/C7H12F2N2/c1-5-3-6(2)11(10-5)4-7(8)9/h6-7H,3-4H2,1-2H3. The fraction of sp³-hybridized carbons (Fsp3) is 0.857. The fourth-order valence-corrected chi connectivity index (χ4v) is 1.25. The average Bonchev–Trinajstić information content (AvgIpc) is 2.09. The molecule has 11 heavy (non-hydrogen) atoms. The van der Waals surface area contributed by atoms with Crippen molar-refractivity contribution in [2.45, 2.75) is 32.7 Å². The summed E-state index contributed by atoms with van der Waals surface area (Å²) in [7, 11) is 0. The summed E-state index contributed by atoms with van der Waals surface area (Å²) in [5.74, 6) is 0. The van der Waals surface area contributed by atoms with E-state index in [0.29, 0.717) is 0 Å². The Kier molecular flexibility index (Phi) is 2.42. The summed E-state index contributed by atoms with van der Waals surface area (Å²) < 4.78 is 23.8.